The Morgan fingerprint density at radius 3 is 1.43 bits per heavy atom. The van der Waals surface area contributed by atoms with E-state index in [0.29, 0.717) is 21.8 Å². The van der Waals surface area contributed by atoms with E-state index in [-0.39, 0.29) is 11.1 Å². The molecule has 0 unspecified atom stereocenters. The maximum Gasteiger partial charge on any atom is 0.267 e. The molecule has 0 N–H and O–H groups in total. The van der Waals surface area contributed by atoms with Crippen LogP contribution < -0.4 is 11.1 Å². The average Bonchev–Trinajstić information content (AvgIpc) is 3.62. The average molecular weight is 655 g/mol. The van der Waals surface area contributed by atoms with Crippen molar-refractivity contribution in [2.75, 3.05) is 11.5 Å². The SMILES string of the molecule is O=c1c2c3c(sc2nc(SCCSc2nc4sc5c(c4c(=O)n2-c2ccccc2)CCCC5)n1-c1ccccc1)CCCC3. The second-order valence-electron chi connectivity index (χ2n) is 11.2. The Morgan fingerprint density at radius 2 is 1.00 bits per heavy atom. The highest BCUT2D eigenvalue weighted by Crippen LogP contribution is 2.37. The Labute approximate surface area is 271 Å². The quantitative estimate of drug-likeness (QED) is 0.0993. The minimum atomic E-state index is 0.0300. The summed E-state index contributed by atoms with van der Waals surface area (Å²) in [5.41, 5.74) is 4.15. The van der Waals surface area contributed by atoms with Crippen molar-refractivity contribution in [1.82, 2.24) is 19.1 Å². The van der Waals surface area contributed by atoms with E-state index in [1.54, 1.807) is 55.3 Å². The van der Waals surface area contributed by atoms with Crippen molar-refractivity contribution >= 4 is 66.6 Å². The van der Waals surface area contributed by atoms with Crippen molar-refractivity contribution in [2.24, 2.45) is 0 Å². The number of thiophene rings is 2. The smallest absolute Gasteiger partial charge is 0.267 e. The first kappa shape index (κ1) is 28.3. The van der Waals surface area contributed by atoms with E-state index >= 15 is 0 Å². The van der Waals surface area contributed by atoms with Crippen LogP contribution in [-0.4, -0.2) is 30.6 Å². The number of para-hydroxylation sites is 2. The standard InChI is InChI=1S/C34H30N4O2S4/c39-31-27-23-15-7-9-17-25(23)43-29(27)35-33(37(31)21-11-3-1-4-12-21)41-19-20-42-34-36-30-28(24-16-8-10-18-26(24)44-30)32(40)38(34)22-13-5-2-6-14-22/h1-6,11-14H,7-10,15-20H2. The predicted molar refractivity (Wildman–Crippen MR) is 185 cm³/mol. The fourth-order valence-electron chi connectivity index (χ4n) is 6.44. The normalized spacial score (nSPS) is 14.6. The summed E-state index contributed by atoms with van der Waals surface area (Å²) in [6.07, 6.45) is 8.58. The van der Waals surface area contributed by atoms with Gasteiger partial charge in [0, 0.05) is 21.3 Å². The third kappa shape index (κ3) is 4.96. The van der Waals surface area contributed by atoms with E-state index in [0.717, 1.165) is 70.3 Å². The highest BCUT2D eigenvalue weighted by atomic mass is 32.2. The summed E-state index contributed by atoms with van der Waals surface area (Å²) in [7, 11) is 0. The zero-order valence-corrected chi connectivity index (χ0v) is 27.3. The van der Waals surface area contributed by atoms with Crippen LogP contribution in [0, 0.1) is 0 Å². The lowest BCUT2D eigenvalue weighted by Crippen LogP contribution is -2.23. The van der Waals surface area contributed by atoms with Crippen LogP contribution in [-0.2, 0) is 25.7 Å². The fourth-order valence-corrected chi connectivity index (χ4v) is 11.0. The molecule has 2 aliphatic rings. The van der Waals surface area contributed by atoms with Gasteiger partial charge in [-0.05, 0) is 86.8 Å². The Morgan fingerprint density at radius 1 is 0.591 bits per heavy atom. The number of benzene rings is 2. The molecule has 0 radical (unpaired) electrons. The number of thioether (sulfide) groups is 2. The molecule has 0 spiro atoms. The van der Waals surface area contributed by atoms with Gasteiger partial charge in [0.15, 0.2) is 10.3 Å². The summed E-state index contributed by atoms with van der Waals surface area (Å²) >= 11 is 6.57. The van der Waals surface area contributed by atoms with E-state index < -0.39 is 0 Å². The van der Waals surface area contributed by atoms with Gasteiger partial charge in [-0.1, -0.05) is 59.9 Å². The van der Waals surface area contributed by atoms with Crippen molar-refractivity contribution in [2.45, 2.75) is 61.7 Å². The van der Waals surface area contributed by atoms with Gasteiger partial charge in [0.1, 0.15) is 9.66 Å². The van der Waals surface area contributed by atoms with Crippen molar-refractivity contribution in [3.05, 3.63) is 102 Å². The van der Waals surface area contributed by atoms with Crippen LogP contribution in [0.4, 0.5) is 0 Å². The minimum absolute atomic E-state index is 0.0300. The maximum atomic E-state index is 14.0. The second kappa shape index (κ2) is 12.0. The van der Waals surface area contributed by atoms with Crippen molar-refractivity contribution in [1.29, 1.82) is 0 Å². The van der Waals surface area contributed by atoms with Gasteiger partial charge in [-0.2, -0.15) is 0 Å². The van der Waals surface area contributed by atoms with Crippen LogP contribution in [0.3, 0.4) is 0 Å². The molecular formula is C34H30N4O2S4. The summed E-state index contributed by atoms with van der Waals surface area (Å²) < 4.78 is 3.58. The Kier molecular flexibility index (Phi) is 7.70. The molecule has 222 valence electrons. The number of hydrogen-bond donors (Lipinski definition) is 0. The van der Waals surface area contributed by atoms with Crippen LogP contribution in [0.2, 0.25) is 0 Å². The molecule has 0 saturated carbocycles. The number of hydrogen-bond acceptors (Lipinski definition) is 8. The lowest BCUT2D eigenvalue weighted by Gasteiger charge is -2.14. The number of nitrogens with zero attached hydrogens (tertiary/aromatic N) is 4. The maximum absolute atomic E-state index is 14.0. The second-order valence-corrected chi connectivity index (χ2v) is 15.5. The van der Waals surface area contributed by atoms with E-state index in [1.165, 1.54) is 33.7 Å². The van der Waals surface area contributed by atoms with Gasteiger partial charge in [0.05, 0.1) is 22.1 Å². The predicted octanol–water partition coefficient (Wildman–Crippen LogP) is 7.85. The fraction of sp³-hybridized carbons (Fsp3) is 0.294. The molecule has 0 saturated heterocycles. The van der Waals surface area contributed by atoms with Gasteiger partial charge in [-0.25, -0.2) is 9.97 Å². The van der Waals surface area contributed by atoms with Crippen LogP contribution in [0.1, 0.15) is 46.6 Å². The first-order valence-corrected chi connectivity index (χ1v) is 18.8. The Bertz CT molecular complexity index is 1980. The summed E-state index contributed by atoms with van der Waals surface area (Å²) in [6.45, 7) is 0. The van der Waals surface area contributed by atoms with E-state index in [1.807, 2.05) is 60.7 Å². The van der Waals surface area contributed by atoms with Crippen molar-refractivity contribution < 1.29 is 0 Å². The molecule has 10 heteroatoms. The van der Waals surface area contributed by atoms with Crippen molar-refractivity contribution in [3.63, 3.8) is 0 Å². The van der Waals surface area contributed by atoms with E-state index in [9.17, 15) is 9.59 Å². The van der Waals surface area contributed by atoms with Crippen molar-refractivity contribution in [3.8, 4) is 11.4 Å². The summed E-state index contributed by atoms with van der Waals surface area (Å²) in [6, 6.07) is 19.7. The van der Waals surface area contributed by atoms with Gasteiger partial charge < -0.3 is 0 Å². The molecule has 2 aromatic carbocycles. The minimum Gasteiger partial charge on any atom is -0.268 e. The molecule has 0 fully saturated rings. The molecule has 0 aliphatic heterocycles. The van der Waals surface area contributed by atoms with Crippen LogP contribution >= 0.6 is 46.2 Å². The highest BCUT2D eigenvalue weighted by Gasteiger charge is 2.25. The van der Waals surface area contributed by atoms with Crippen LogP contribution in [0.5, 0.6) is 0 Å². The van der Waals surface area contributed by atoms with Gasteiger partial charge in [0.2, 0.25) is 0 Å². The third-order valence-electron chi connectivity index (χ3n) is 8.49. The molecule has 4 heterocycles. The van der Waals surface area contributed by atoms with Gasteiger partial charge in [-0.3, -0.25) is 18.7 Å². The molecule has 8 rings (SSSR count). The third-order valence-corrected chi connectivity index (χ3v) is 13.0. The Hall–Kier alpha value is -3.18. The molecule has 0 atom stereocenters. The lowest BCUT2D eigenvalue weighted by molar-refractivity contribution is 0.699. The van der Waals surface area contributed by atoms with E-state index in [2.05, 4.69) is 0 Å². The van der Waals surface area contributed by atoms with Gasteiger partial charge >= 0.3 is 0 Å². The van der Waals surface area contributed by atoms with Gasteiger partial charge in [0.25, 0.3) is 11.1 Å². The number of aryl methyl sites for hydroxylation is 4. The largest absolute Gasteiger partial charge is 0.268 e. The van der Waals surface area contributed by atoms with E-state index in [4.69, 9.17) is 9.97 Å². The molecule has 4 aromatic heterocycles. The first-order valence-electron chi connectivity index (χ1n) is 15.2. The number of aromatic nitrogens is 4. The molecule has 0 bridgehead atoms. The zero-order chi connectivity index (χ0) is 29.6. The van der Waals surface area contributed by atoms with Gasteiger partial charge in [-0.15, -0.1) is 22.7 Å². The topological polar surface area (TPSA) is 69.8 Å². The molecule has 6 aromatic rings. The number of fused-ring (bicyclic) bond motifs is 6. The summed E-state index contributed by atoms with van der Waals surface area (Å²) in [5, 5.41) is 3.02. The molecule has 6 nitrogen and oxygen atoms in total. The summed E-state index contributed by atoms with van der Waals surface area (Å²) in [4.78, 5) is 42.6. The molecular weight excluding hydrogens is 625 g/mol. The van der Waals surface area contributed by atoms with Crippen LogP contribution in [0.25, 0.3) is 31.8 Å². The highest BCUT2D eigenvalue weighted by molar-refractivity contribution is 8.02. The summed E-state index contributed by atoms with van der Waals surface area (Å²) in [5.74, 6) is 1.42. The molecule has 2 aliphatic carbocycles. The molecule has 0 amide bonds. The Balaban J connectivity index is 1.13. The zero-order valence-electron chi connectivity index (χ0n) is 24.1. The number of rotatable bonds is 7. The van der Waals surface area contributed by atoms with Crippen LogP contribution in [0.15, 0.2) is 80.6 Å². The lowest BCUT2D eigenvalue weighted by atomic mass is 9.97. The first-order chi connectivity index (χ1) is 21.7. The monoisotopic (exact) mass is 654 g/mol. The molecule has 44 heavy (non-hydrogen) atoms.